The molecule has 0 bridgehead atoms. The molecule has 0 saturated heterocycles. The van der Waals surface area contributed by atoms with E-state index in [-0.39, 0.29) is 21.7 Å². The summed E-state index contributed by atoms with van der Waals surface area (Å²) in [6, 6.07) is 0. The summed E-state index contributed by atoms with van der Waals surface area (Å²) in [4.78, 5) is 0. The van der Waals surface area contributed by atoms with Crippen LogP contribution in [-0.2, 0) is 21.7 Å². The van der Waals surface area contributed by atoms with Crippen LogP contribution in [0.4, 0.5) is 0 Å². The monoisotopic (exact) mass is 1630 g/mol. The number of hydrogen-bond donors (Lipinski definition) is 0. The first-order chi connectivity index (χ1) is 66.8. The van der Waals surface area contributed by atoms with Crippen molar-refractivity contribution in [3.05, 3.63) is 100 Å². The highest BCUT2D eigenvalue weighted by Gasteiger charge is 2.81. The van der Waals surface area contributed by atoms with Crippen LogP contribution < -0.4 is 0 Å². The molecule has 4 spiro atoms. The van der Waals surface area contributed by atoms with Crippen molar-refractivity contribution < 1.29 is 0 Å². The molecule has 0 radical (unpaired) electrons. The average molecular weight is 1630 g/mol. The number of rotatable bonds is 0. The maximum atomic E-state index is 1.95. The highest BCUT2D eigenvalue weighted by atomic mass is 14.8. The van der Waals surface area contributed by atoms with Crippen LogP contribution in [0.5, 0.6) is 0 Å². The first kappa shape index (κ1) is 48.7. The fourth-order valence-corrected chi connectivity index (χ4v) is 54.1. The molecule has 0 aromatic heterocycles. The van der Waals surface area contributed by atoms with Gasteiger partial charge in [0.25, 0.3) is 0 Å². The normalized spacial score (nSPS) is 27.0. The Morgan fingerprint density at radius 1 is 0.0896 bits per heavy atom. The second kappa shape index (κ2) is 10.9. The third kappa shape index (κ3) is 2.57. The van der Waals surface area contributed by atoms with E-state index in [1.165, 1.54) is 51.4 Å². The van der Waals surface area contributed by atoms with Crippen LogP contribution in [0.1, 0.15) is 142 Å². The molecule has 0 nitrogen and oxygen atoms in total. The van der Waals surface area contributed by atoms with Gasteiger partial charge in [0.2, 0.25) is 0 Å². The van der Waals surface area contributed by atoms with E-state index in [0.717, 1.165) is 0 Å². The van der Waals surface area contributed by atoms with Gasteiger partial charge in [0.15, 0.2) is 0 Å². The topological polar surface area (TPSA) is 0 Å². The van der Waals surface area contributed by atoms with E-state index < -0.39 is 0 Å². The third-order valence-electron chi connectivity index (χ3n) is 53.6. The van der Waals surface area contributed by atoms with Gasteiger partial charge < -0.3 is 0 Å². The molecule has 8 atom stereocenters. The molecule has 68 rings (SSSR count). The molecule has 0 heterocycles. The number of allylic oxidation sites excluding steroid dienone is 6. The van der Waals surface area contributed by atoms with E-state index in [2.05, 4.69) is 0 Å². The molecule has 0 saturated carbocycles. The Hall–Kier alpha value is -15.3. The number of hydrogen-bond acceptors (Lipinski definition) is 0. The molecule has 0 aliphatic heterocycles. The second-order valence-electron chi connectivity index (χ2n) is 53.0. The van der Waals surface area contributed by atoms with Crippen LogP contribution in [0.2, 0.25) is 0 Å². The fourth-order valence-electron chi connectivity index (χ4n) is 54.1. The van der Waals surface area contributed by atoms with Gasteiger partial charge in [-0.1, -0.05) is 33.4 Å². The Morgan fingerprint density at radius 3 is 0.381 bits per heavy atom. The summed E-state index contributed by atoms with van der Waals surface area (Å²) in [6.45, 7) is 0. The SMILES string of the molecule is C1C2=C(CC3=C1CC14c5c6c7c8c9c%10c%11c%12c(c%13c%14c%15c%16c(c%17c5c5c7c7c8c8c%18c9c%11c9c%11c%12c%13c%12c%15c%13c%15c%16c%16c%17c5c5c7c7c8c8c%18c9c9c%11c%12c%13c%11c%12c%15c%16c5c7c%12c8c9%11)C%141)C4(C3)C6%10)CC1=C(C2)CC23c4c5c6c7c8c9c%10c%11c(c%12c%13c%14c%15c(c%16c4c4c6c6c7c7c%17c8c%10c8c%10c%11c%12c%11c%14c%12c%14c%15c%15c%16c4c4c6c6c7c7c%17c8c8c%10c%11c%12c%10c%11c%14c%15c4c6c%11c7c8%10)C%132)C3(C1)C59. The summed E-state index contributed by atoms with van der Waals surface area (Å²) < 4.78 is 0. The minimum atomic E-state index is -0.143. The number of benzene rings is 32. The quantitative estimate of drug-likeness (QED) is 0.105. The molecule has 0 N–H and O–H groups in total. The predicted molar refractivity (Wildman–Crippen MR) is 560 cm³/mol. The van der Waals surface area contributed by atoms with Crippen molar-refractivity contribution in [1.82, 2.24) is 0 Å². The molecule has 52 aromatic rings. The Bertz CT molecular complexity index is 15500. The van der Waals surface area contributed by atoms with Gasteiger partial charge in [-0.25, -0.2) is 0 Å². The molecular weight excluding hydrogens is 1610 g/mol. The highest BCUT2D eigenvalue weighted by Crippen LogP contribution is 2.95. The van der Waals surface area contributed by atoms with E-state index >= 15 is 0 Å². The van der Waals surface area contributed by atoms with Crippen molar-refractivity contribution in [3.63, 3.8) is 0 Å². The van der Waals surface area contributed by atoms with Crippen LogP contribution in [0.15, 0.2) is 33.4 Å². The van der Waals surface area contributed by atoms with Gasteiger partial charge >= 0.3 is 0 Å². The third-order valence-corrected chi connectivity index (χ3v) is 53.6. The Morgan fingerprint density at radius 2 is 0.194 bits per heavy atom. The van der Waals surface area contributed by atoms with Crippen LogP contribution >= 0.6 is 0 Å². The van der Waals surface area contributed by atoms with E-state index in [0.29, 0.717) is 23.7 Å². The van der Waals surface area contributed by atoms with Crippen molar-refractivity contribution in [2.45, 2.75) is 96.7 Å². The molecule has 8 unspecified atom stereocenters. The lowest BCUT2D eigenvalue weighted by Gasteiger charge is -2.62. The fraction of sp³-hybridized carbons (Fsp3) is 0.119. The van der Waals surface area contributed by atoms with E-state index in [4.69, 9.17) is 0 Å². The minimum Gasteiger partial charge on any atom is -0.0656 e. The predicted octanol–water partition coefficient (Wildman–Crippen LogP) is 35.8. The Balaban J connectivity index is 0.517. The zero-order chi connectivity index (χ0) is 78.1. The van der Waals surface area contributed by atoms with Gasteiger partial charge in [0.1, 0.15) is 0 Å². The van der Waals surface area contributed by atoms with Crippen molar-refractivity contribution in [1.29, 1.82) is 0 Å². The lowest BCUT2D eigenvalue weighted by atomic mass is 9.39. The van der Waals surface area contributed by atoms with Gasteiger partial charge in [-0.2, -0.15) is 0 Å². The van der Waals surface area contributed by atoms with Crippen molar-refractivity contribution in [2.75, 3.05) is 0 Å². The smallest absolute Gasteiger partial charge is 0.0224 e. The zero-order valence-electron chi connectivity index (χ0n) is 69.0. The molecule has 556 valence electrons. The lowest BCUT2D eigenvalue weighted by molar-refractivity contribution is 0.163. The molecule has 0 amide bonds. The largest absolute Gasteiger partial charge is 0.0656 e. The summed E-state index contributed by atoms with van der Waals surface area (Å²) in [5.41, 5.74) is 33.9. The Labute approximate surface area is 729 Å². The highest BCUT2D eigenvalue weighted by molar-refractivity contribution is 6.86. The lowest BCUT2D eigenvalue weighted by Crippen LogP contribution is -2.58. The van der Waals surface area contributed by atoms with E-state index in [9.17, 15) is 0 Å². The van der Waals surface area contributed by atoms with Crippen molar-refractivity contribution >= 4 is 539 Å². The molecule has 16 aliphatic carbocycles. The Kier molecular flexibility index (Phi) is 3.97. The minimum absolute atomic E-state index is 0.143. The van der Waals surface area contributed by atoms with E-state index in [1.54, 1.807) is 506 Å². The molecule has 0 fully saturated rings. The summed E-state index contributed by atoms with van der Waals surface area (Å²) in [5.74, 6) is 1.27. The molecule has 0 heteroatoms. The van der Waals surface area contributed by atoms with Crippen LogP contribution in [0, 0.1) is 0 Å². The standard InChI is InChI=1S/C134H20/c1-9-2-13-7-133-125-111-97-73-57-39-21-17-18-22-28(21)46-61(57)77-78-62(46)58-40(22)44-36-26(18)32-31-25(17)35-43(39)69(73)85-81-53(35)49(31)65-66-50(32)54(36)82-86-70(44)74(58)98-102(78)120(119(125)101(77)97)126-112(98)108(86)116-94(82)90(66)104-89(65)93(81)115(107(85)111)129(133)122(104)130(116)134(126,133)8-14(13)4-10(9)3-12-6-132-124-110-96-72-56-38-20-16-15-19-27(20)45-59-55-37(19)41-33-23(15)29-30-24(16)34-42(38)68(72)84-80-52(34)48(30)64-63-47(29)51(33)79-83-67(41)71(55)95-99-75(59)76(60(45)56)100(96)118(124)117(99)123-109(95)105(83)113-91(79)87(63)103-88(64)92(80)114(106(84)110)128(132)121(103)127(113)131(123,132)5-11(1)12/h123,125,128,130H,1-8H2. The second-order valence-corrected chi connectivity index (χ2v) is 53.0. The first-order valence-electron chi connectivity index (χ1n) is 51.9. The summed E-state index contributed by atoms with van der Waals surface area (Å²) in [7, 11) is 0. The summed E-state index contributed by atoms with van der Waals surface area (Å²) in [5, 5.41) is 174. The first-order valence-corrected chi connectivity index (χ1v) is 51.9. The van der Waals surface area contributed by atoms with Crippen LogP contribution in [-0.4, -0.2) is 0 Å². The van der Waals surface area contributed by atoms with Gasteiger partial charge in [-0.05, 0) is 657 Å². The van der Waals surface area contributed by atoms with Gasteiger partial charge in [-0.15, -0.1) is 0 Å². The van der Waals surface area contributed by atoms with Crippen LogP contribution in [0.25, 0.3) is 539 Å². The zero-order valence-corrected chi connectivity index (χ0v) is 69.0. The maximum absolute atomic E-state index is 1.95. The molecule has 16 aliphatic rings. The summed E-state index contributed by atoms with van der Waals surface area (Å²) >= 11 is 0. The molecular formula is C134H20. The van der Waals surface area contributed by atoms with Gasteiger partial charge in [-0.3, -0.25) is 0 Å². The molecule has 52 aromatic carbocycles. The summed E-state index contributed by atoms with van der Waals surface area (Å²) in [6.07, 6.45) is 9.71. The average Bonchev–Trinajstić information content (AvgIpc) is 1.38. The van der Waals surface area contributed by atoms with Gasteiger partial charge in [0.05, 0.1) is 0 Å². The van der Waals surface area contributed by atoms with E-state index in [1.807, 2.05) is 133 Å². The van der Waals surface area contributed by atoms with Crippen LogP contribution in [0.3, 0.4) is 0 Å². The maximum Gasteiger partial charge on any atom is 0.0224 e. The van der Waals surface area contributed by atoms with Crippen molar-refractivity contribution in [2.24, 2.45) is 0 Å². The van der Waals surface area contributed by atoms with Crippen molar-refractivity contribution in [3.8, 4) is 0 Å². The van der Waals surface area contributed by atoms with Gasteiger partial charge in [0, 0.05) is 45.3 Å². The molecule has 134 heavy (non-hydrogen) atoms.